The van der Waals surface area contributed by atoms with Crippen LogP contribution in [0.2, 0.25) is 0 Å². The number of phenolic OH excluding ortho intramolecular Hbond substituents is 1. The molecule has 1 N–H and O–H groups in total. The monoisotopic (exact) mass is 427 g/mol. The molecule has 1 rings (SSSR count). The number of rotatable bonds is 5. The zero-order chi connectivity index (χ0) is 13.7. The molecule has 6 heteroatoms. The highest BCUT2D eigenvalue weighted by atomic mass is 127. The van der Waals surface area contributed by atoms with Crippen molar-refractivity contribution in [2.24, 2.45) is 0 Å². The molecule has 1 aromatic rings. The fourth-order valence-electron chi connectivity index (χ4n) is 1.50. The summed E-state index contributed by atoms with van der Waals surface area (Å²) in [5.74, 6) is -0.198. The van der Waals surface area contributed by atoms with Crippen LogP contribution in [0.3, 0.4) is 0 Å². The highest BCUT2D eigenvalue weighted by molar-refractivity contribution is 14.1. The van der Waals surface area contributed by atoms with Crippen molar-refractivity contribution in [1.29, 1.82) is 0 Å². The van der Waals surface area contributed by atoms with Crippen molar-refractivity contribution < 1.29 is 14.6 Å². The average molecular weight is 428 g/mol. The van der Waals surface area contributed by atoms with Crippen LogP contribution in [0.5, 0.6) is 5.75 Å². The molecule has 0 aliphatic heterocycles. The Morgan fingerprint density at radius 2 is 2.28 bits per heavy atom. The number of methoxy groups -OCH3 is 1. The molecule has 0 aliphatic carbocycles. The quantitative estimate of drug-likeness (QED) is 0.580. The van der Waals surface area contributed by atoms with Crippen molar-refractivity contribution >= 4 is 44.4 Å². The minimum atomic E-state index is -0.202. The van der Waals surface area contributed by atoms with Crippen molar-refractivity contribution in [3.05, 3.63) is 27.3 Å². The molecule has 4 nitrogen and oxygen atoms in total. The Morgan fingerprint density at radius 3 is 2.89 bits per heavy atom. The van der Waals surface area contributed by atoms with Gasteiger partial charge in [-0.3, -0.25) is 4.79 Å². The Kier molecular flexibility index (Phi) is 6.37. The van der Waals surface area contributed by atoms with Crippen LogP contribution < -0.4 is 0 Å². The molecule has 0 spiro atoms. The number of nitrogens with zero attached hydrogens (tertiary/aromatic N) is 1. The Labute approximate surface area is 129 Å². The number of amides is 1. The van der Waals surface area contributed by atoms with Gasteiger partial charge in [0, 0.05) is 24.3 Å². The van der Waals surface area contributed by atoms with Crippen LogP contribution in [-0.4, -0.2) is 48.0 Å². The lowest BCUT2D eigenvalue weighted by molar-refractivity contribution is 0.0781. The van der Waals surface area contributed by atoms with E-state index < -0.39 is 0 Å². The smallest absolute Gasteiger partial charge is 0.257 e. The molecule has 0 fully saturated rings. The van der Waals surface area contributed by atoms with Gasteiger partial charge in [-0.15, -0.1) is 0 Å². The third-order valence-corrected chi connectivity index (χ3v) is 3.58. The standard InChI is InChI=1S/C12H15BrINO3/c1-15(6-8(13)7-18-2)12(17)10-5-9(14)3-4-11(10)16/h3-5,8,16H,6-7H2,1-2H3. The molecule has 0 saturated carbocycles. The second-order valence-electron chi connectivity index (χ2n) is 3.90. The van der Waals surface area contributed by atoms with Gasteiger partial charge in [0.2, 0.25) is 0 Å². The number of carbonyl (C=O) groups is 1. The first-order valence-electron chi connectivity index (χ1n) is 5.32. The maximum atomic E-state index is 12.2. The van der Waals surface area contributed by atoms with E-state index in [1.807, 2.05) is 0 Å². The number of alkyl halides is 1. The van der Waals surface area contributed by atoms with E-state index in [0.717, 1.165) is 3.57 Å². The van der Waals surface area contributed by atoms with Crippen LogP contribution in [0.25, 0.3) is 0 Å². The van der Waals surface area contributed by atoms with Gasteiger partial charge in [-0.1, -0.05) is 15.9 Å². The summed E-state index contributed by atoms with van der Waals surface area (Å²) in [6.45, 7) is 1.04. The van der Waals surface area contributed by atoms with Gasteiger partial charge in [0.15, 0.2) is 0 Å². The van der Waals surface area contributed by atoms with Crippen molar-refractivity contribution in [3.63, 3.8) is 0 Å². The Balaban J connectivity index is 2.77. The molecule has 18 heavy (non-hydrogen) atoms. The molecule has 0 bridgehead atoms. The summed E-state index contributed by atoms with van der Waals surface area (Å²) in [5.41, 5.74) is 0.321. The zero-order valence-corrected chi connectivity index (χ0v) is 13.9. The lowest BCUT2D eigenvalue weighted by Gasteiger charge is -2.20. The van der Waals surface area contributed by atoms with Crippen molar-refractivity contribution in [3.8, 4) is 5.75 Å². The predicted molar refractivity (Wildman–Crippen MR) is 82.4 cm³/mol. The SMILES string of the molecule is COCC(Br)CN(C)C(=O)c1cc(I)ccc1O. The van der Waals surface area contributed by atoms with E-state index in [-0.39, 0.29) is 16.5 Å². The second kappa shape index (κ2) is 7.30. The summed E-state index contributed by atoms with van der Waals surface area (Å²) in [5, 5.41) is 9.70. The van der Waals surface area contributed by atoms with Crippen LogP contribution in [0, 0.1) is 3.57 Å². The topological polar surface area (TPSA) is 49.8 Å². The molecular formula is C12H15BrINO3. The highest BCUT2D eigenvalue weighted by Crippen LogP contribution is 2.21. The molecule has 1 atom stereocenters. The minimum Gasteiger partial charge on any atom is -0.507 e. The normalized spacial score (nSPS) is 12.2. The van der Waals surface area contributed by atoms with Gasteiger partial charge in [-0.25, -0.2) is 0 Å². The molecule has 0 heterocycles. The van der Waals surface area contributed by atoms with Crippen molar-refractivity contribution in [2.45, 2.75) is 4.83 Å². The molecule has 0 saturated heterocycles. The second-order valence-corrected chi connectivity index (χ2v) is 6.44. The molecule has 0 aromatic heterocycles. The van der Waals surface area contributed by atoms with Gasteiger partial charge < -0.3 is 14.7 Å². The van der Waals surface area contributed by atoms with E-state index in [1.165, 1.54) is 6.07 Å². The summed E-state index contributed by atoms with van der Waals surface area (Å²) in [6, 6.07) is 4.96. The molecule has 1 aromatic carbocycles. The third kappa shape index (κ3) is 4.40. The fourth-order valence-corrected chi connectivity index (χ4v) is 2.69. The third-order valence-electron chi connectivity index (χ3n) is 2.36. The van der Waals surface area contributed by atoms with E-state index in [1.54, 1.807) is 31.2 Å². The zero-order valence-electron chi connectivity index (χ0n) is 10.2. The maximum Gasteiger partial charge on any atom is 0.257 e. The van der Waals surface area contributed by atoms with E-state index in [2.05, 4.69) is 38.5 Å². The first kappa shape index (κ1) is 15.7. The number of benzene rings is 1. The summed E-state index contributed by atoms with van der Waals surface area (Å²) in [7, 11) is 3.31. The first-order chi connectivity index (χ1) is 8.45. The highest BCUT2D eigenvalue weighted by Gasteiger charge is 2.18. The molecular weight excluding hydrogens is 413 g/mol. The van der Waals surface area contributed by atoms with Gasteiger partial charge in [-0.2, -0.15) is 0 Å². The molecule has 1 unspecified atom stereocenters. The van der Waals surface area contributed by atoms with Gasteiger partial charge in [0.25, 0.3) is 5.91 Å². The lowest BCUT2D eigenvalue weighted by atomic mass is 10.2. The number of hydrogen-bond donors (Lipinski definition) is 1. The first-order valence-corrected chi connectivity index (χ1v) is 7.32. The Hall–Kier alpha value is -0.340. The van der Waals surface area contributed by atoms with Crippen LogP contribution >= 0.6 is 38.5 Å². The number of ether oxygens (including phenoxy) is 1. The van der Waals surface area contributed by atoms with Crippen LogP contribution in [0.15, 0.2) is 18.2 Å². The maximum absolute atomic E-state index is 12.2. The fraction of sp³-hybridized carbons (Fsp3) is 0.417. The average Bonchev–Trinajstić information content (AvgIpc) is 2.31. The minimum absolute atomic E-state index is 0.00475. The van der Waals surface area contributed by atoms with Gasteiger partial charge >= 0.3 is 0 Å². The number of aromatic hydroxyl groups is 1. The number of carbonyl (C=O) groups excluding carboxylic acids is 1. The van der Waals surface area contributed by atoms with Crippen molar-refractivity contribution in [1.82, 2.24) is 4.90 Å². The van der Waals surface area contributed by atoms with Gasteiger partial charge in [0.1, 0.15) is 5.75 Å². The van der Waals surface area contributed by atoms with Crippen LogP contribution in [0.4, 0.5) is 0 Å². The van der Waals surface area contributed by atoms with Gasteiger partial charge in [-0.05, 0) is 40.8 Å². The van der Waals surface area contributed by atoms with Crippen molar-refractivity contribution in [2.75, 3.05) is 27.3 Å². The Morgan fingerprint density at radius 1 is 1.61 bits per heavy atom. The Bertz CT molecular complexity index is 428. The summed E-state index contributed by atoms with van der Waals surface area (Å²) >= 11 is 5.54. The summed E-state index contributed by atoms with van der Waals surface area (Å²) in [4.78, 5) is 13.8. The predicted octanol–water partition coefficient (Wildman–Crippen LogP) is 2.48. The van der Waals surface area contributed by atoms with E-state index in [4.69, 9.17) is 4.74 Å². The molecule has 1 amide bonds. The summed E-state index contributed by atoms with van der Waals surface area (Å²) in [6.07, 6.45) is 0. The summed E-state index contributed by atoms with van der Waals surface area (Å²) < 4.78 is 5.91. The van der Waals surface area contributed by atoms with Gasteiger partial charge in [0.05, 0.1) is 17.0 Å². The number of phenols is 1. The van der Waals surface area contributed by atoms with E-state index >= 15 is 0 Å². The number of halogens is 2. The molecule has 100 valence electrons. The number of hydrogen-bond acceptors (Lipinski definition) is 3. The molecule has 0 radical (unpaired) electrons. The van der Waals surface area contributed by atoms with E-state index in [9.17, 15) is 9.90 Å². The lowest BCUT2D eigenvalue weighted by Crippen LogP contribution is -2.33. The molecule has 0 aliphatic rings. The van der Waals surface area contributed by atoms with Crippen LogP contribution in [0.1, 0.15) is 10.4 Å². The van der Waals surface area contributed by atoms with E-state index in [0.29, 0.717) is 18.7 Å². The largest absolute Gasteiger partial charge is 0.507 e. The van der Waals surface area contributed by atoms with Crippen LogP contribution in [-0.2, 0) is 4.74 Å².